The molecule has 1 rings (SSSR count). The average molecular weight is 205 g/mol. The second-order valence-electron chi connectivity index (χ2n) is 4.07. The van der Waals surface area contributed by atoms with Gasteiger partial charge in [-0.1, -0.05) is 25.1 Å². The Kier molecular flexibility index (Phi) is 3.89. The second kappa shape index (κ2) is 4.96. The van der Waals surface area contributed by atoms with Gasteiger partial charge in [-0.2, -0.15) is 0 Å². The van der Waals surface area contributed by atoms with Gasteiger partial charge in [-0.3, -0.25) is 4.79 Å². The number of hydrogen-bond acceptors (Lipinski definition) is 1. The van der Waals surface area contributed by atoms with Crippen LogP contribution in [0.3, 0.4) is 0 Å². The molecule has 0 aliphatic rings. The molecule has 1 unspecified atom stereocenters. The largest absolute Gasteiger partial charge is 0.359 e. The summed E-state index contributed by atoms with van der Waals surface area (Å²) in [5.41, 5.74) is 3.86. The van der Waals surface area contributed by atoms with E-state index in [1.165, 1.54) is 16.7 Å². The van der Waals surface area contributed by atoms with Gasteiger partial charge in [0.25, 0.3) is 0 Å². The molecule has 0 heterocycles. The number of rotatable bonds is 3. The normalized spacial score (nSPS) is 12.3. The van der Waals surface area contributed by atoms with Crippen molar-refractivity contribution in [1.82, 2.24) is 5.32 Å². The highest BCUT2D eigenvalue weighted by atomic mass is 16.1. The van der Waals surface area contributed by atoms with Crippen molar-refractivity contribution in [1.29, 1.82) is 0 Å². The quantitative estimate of drug-likeness (QED) is 0.807. The Morgan fingerprint density at radius 1 is 1.40 bits per heavy atom. The fraction of sp³-hybridized carbons (Fsp3) is 0.462. The lowest BCUT2D eigenvalue weighted by Gasteiger charge is -2.15. The SMILES string of the molecule is CNC(=O)CC(C)c1cccc(C)c1C. The van der Waals surface area contributed by atoms with Gasteiger partial charge in [-0.25, -0.2) is 0 Å². The number of aryl methyl sites for hydroxylation is 1. The minimum absolute atomic E-state index is 0.100. The van der Waals surface area contributed by atoms with E-state index in [9.17, 15) is 4.79 Å². The smallest absolute Gasteiger partial charge is 0.220 e. The van der Waals surface area contributed by atoms with E-state index in [1.807, 2.05) is 0 Å². The van der Waals surface area contributed by atoms with Crippen LogP contribution in [0.5, 0.6) is 0 Å². The van der Waals surface area contributed by atoms with Gasteiger partial charge >= 0.3 is 0 Å². The number of hydrogen-bond donors (Lipinski definition) is 1. The lowest BCUT2D eigenvalue weighted by molar-refractivity contribution is -0.120. The molecule has 0 aliphatic carbocycles. The van der Waals surface area contributed by atoms with Crippen molar-refractivity contribution in [2.24, 2.45) is 0 Å². The Labute approximate surface area is 91.7 Å². The molecule has 1 amide bonds. The zero-order valence-electron chi connectivity index (χ0n) is 9.92. The van der Waals surface area contributed by atoms with E-state index in [0.29, 0.717) is 6.42 Å². The molecule has 1 atom stereocenters. The summed E-state index contributed by atoms with van der Waals surface area (Å²) in [5.74, 6) is 0.383. The molecule has 82 valence electrons. The molecule has 1 aromatic rings. The fourth-order valence-electron chi connectivity index (χ4n) is 1.80. The van der Waals surface area contributed by atoms with E-state index in [4.69, 9.17) is 0 Å². The molecule has 0 saturated heterocycles. The topological polar surface area (TPSA) is 29.1 Å². The molecule has 1 N–H and O–H groups in total. The Morgan fingerprint density at radius 3 is 2.67 bits per heavy atom. The summed E-state index contributed by atoms with van der Waals surface area (Å²) >= 11 is 0. The van der Waals surface area contributed by atoms with Crippen LogP contribution in [-0.4, -0.2) is 13.0 Å². The van der Waals surface area contributed by atoms with Gasteiger partial charge in [0.2, 0.25) is 5.91 Å². The van der Waals surface area contributed by atoms with Crippen LogP contribution in [-0.2, 0) is 4.79 Å². The number of amides is 1. The van der Waals surface area contributed by atoms with E-state index in [1.54, 1.807) is 7.05 Å². The first kappa shape index (κ1) is 11.8. The highest BCUT2D eigenvalue weighted by molar-refractivity contribution is 5.76. The van der Waals surface area contributed by atoms with Crippen LogP contribution in [0.2, 0.25) is 0 Å². The van der Waals surface area contributed by atoms with Crippen molar-refractivity contribution < 1.29 is 4.79 Å². The highest BCUT2D eigenvalue weighted by Crippen LogP contribution is 2.24. The van der Waals surface area contributed by atoms with Gasteiger partial charge in [-0.05, 0) is 36.5 Å². The van der Waals surface area contributed by atoms with E-state index in [-0.39, 0.29) is 11.8 Å². The molecule has 1 aromatic carbocycles. The van der Waals surface area contributed by atoms with Crippen LogP contribution >= 0.6 is 0 Å². The summed E-state index contributed by atoms with van der Waals surface area (Å²) in [4.78, 5) is 11.3. The molecule has 2 nitrogen and oxygen atoms in total. The molecular formula is C13H19NO. The molecule has 0 aromatic heterocycles. The minimum Gasteiger partial charge on any atom is -0.359 e. The Hall–Kier alpha value is -1.31. The second-order valence-corrected chi connectivity index (χ2v) is 4.07. The lowest BCUT2D eigenvalue weighted by Crippen LogP contribution is -2.19. The van der Waals surface area contributed by atoms with Gasteiger partial charge < -0.3 is 5.32 Å². The lowest BCUT2D eigenvalue weighted by atomic mass is 9.91. The molecular weight excluding hydrogens is 186 g/mol. The number of benzene rings is 1. The molecule has 15 heavy (non-hydrogen) atoms. The van der Waals surface area contributed by atoms with Crippen molar-refractivity contribution >= 4 is 5.91 Å². The maximum absolute atomic E-state index is 11.3. The zero-order chi connectivity index (χ0) is 11.4. The highest BCUT2D eigenvalue weighted by Gasteiger charge is 2.12. The summed E-state index contributed by atoms with van der Waals surface area (Å²) in [7, 11) is 1.68. The van der Waals surface area contributed by atoms with E-state index < -0.39 is 0 Å². The third kappa shape index (κ3) is 2.82. The van der Waals surface area contributed by atoms with Crippen molar-refractivity contribution in [3.63, 3.8) is 0 Å². The molecule has 0 saturated carbocycles. The third-order valence-corrected chi connectivity index (χ3v) is 2.95. The van der Waals surface area contributed by atoms with Crippen LogP contribution in [0.4, 0.5) is 0 Å². The molecule has 0 fully saturated rings. The fourth-order valence-corrected chi connectivity index (χ4v) is 1.80. The number of nitrogens with one attached hydrogen (secondary N) is 1. The predicted octanol–water partition coefficient (Wildman–Crippen LogP) is 2.54. The van der Waals surface area contributed by atoms with Crippen molar-refractivity contribution in [2.75, 3.05) is 7.05 Å². The minimum atomic E-state index is 0.100. The first-order chi connectivity index (χ1) is 7.06. The van der Waals surface area contributed by atoms with Gasteiger partial charge in [0, 0.05) is 13.5 Å². The van der Waals surface area contributed by atoms with Crippen molar-refractivity contribution in [3.05, 3.63) is 34.9 Å². The standard InChI is InChI=1S/C13H19NO/c1-9-6-5-7-12(11(9)3)10(2)8-13(15)14-4/h5-7,10H,8H2,1-4H3,(H,14,15). The molecule has 0 radical (unpaired) electrons. The summed E-state index contributed by atoms with van der Waals surface area (Å²) < 4.78 is 0. The summed E-state index contributed by atoms with van der Waals surface area (Å²) in [6, 6.07) is 6.26. The van der Waals surface area contributed by atoms with Gasteiger partial charge in [-0.15, -0.1) is 0 Å². The molecule has 0 spiro atoms. The van der Waals surface area contributed by atoms with Crippen molar-refractivity contribution in [3.8, 4) is 0 Å². The predicted molar refractivity (Wildman–Crippen MR) is 63.0 cm³/mol. The Balaban J connectivity index is 2.86. The van der Waals surface area contributed by atoms with Crippen LogP contribution < -0.4 is 5.32 Å². The summed E-state index contributed by atoms with van der Waals surface area (Å²) in [6.07, 6.45) is 0.556. The first-order valence-corrected chi connectivity index (χ1v) is 5.33. The van der Waals surface area contributed by atoms with Crippen LogP contribution in [0.1, 0.15) is 36.0 Å². The summed E-state index contributed by atoms with van der Waals surface area (Å²) in [6.45, 7) is 6.31. The third-order valence-electron chi connectivity index (χ3n) is 2.95. The Bertz CT molecular complexity index is 358. The van der Waals surface area contributed by atoms with E-state index >= 15 is 0 Å². The molecule has 0 aliphatic heterocycles. The van der Waals surface area contributed by atoms with Gasteiger partial charge in [0.15, 0.2) is 0 Å². The van der Waals surface area contributed by atoms with E-state index in [2.05, 4.69) is 44.3 Å². The molecule has 2 heteroatoms. The maximum atomic E-state index is 11.3. The molecule has 0 bridgehead atoms. The van der Waals surface area contributed by atoms with Crippen LogP contribution in [0, 0.1) is 13.8 Å². The number of carbonyl (C=O) groups excluding carboxylic acids is 1. The van der Waals surface area contributed by atoms with Crippen molar-refractivity contribution in [2.45, 2.75) is 33.1 Å². The van der Waals surface area contributed by atoms with Crippen LogP contribution in [0.15, 0.2) is 18.2 Å². The average Bonchev–Trinajstić information content (AvgIpc) is 2.21. The number of carbonyl (C=O) groups is 1. The van der Waals surface area contributed by atoms with Gasteiger partial charge in [0.1, 0.15) is 0 Å². The zero-order valence-corrected chi connectivity index (χ0v) is 9.92. The Morgan fingerprint density at radius 2 is 2.07 bits per heavy atom. The first-order valence-electron chi connectivity index (χ1n) is 5.33. The van der Waals surface area contributed by atoms with Gasteiger partial charge in [0.05, 0.1) is 0 Å². The van der Waals surface area contributed by atoms with Crippen LogP contribution in [0.25, 0.3) is 0 Å². The van der Waals surface area contributed by atoms with E-state index in [0.717, 1.165) is 0 Å². The maximum Gasteiger partial charge on any atom is 0.220 e. The monoisotopic (exact) mass is 205 g/mol. The summed E-state index contributed by atoms with van der Waals surface area (Å²) in [5, 5.41) is 2.66.